The Hall–Kier alpha value is -1.49. The highest BCUT2D eigenvalue weighted by molar-refractivity contribution is 6.31. The molecule has 2 N–H and O–H groups in total. The van der Waals surface area contributed by atoms with Crippen molar-refractivity contribution < 1.29 is 14.7 Å². The van der Waals surface area contributed by atoms with Crippen LogP contribution in [0.15, 0.2) is 12.3 Å². The van der Waals surface area contributed by atoms with Gasteiger partial charge in [-0.15, -0.1) is 0 Å². The Labute approximate surface area is 121 Å². The molecule has 2 fully saturated rings. The molecular weight excluding hydrogens is 280 g/mol. The first-order valence-electron chi connectivity index (χ1n) is 6.85. The van der Waals surface area contributed by atoms with Gasteiger partial charge in [-0.3, -0.25) is 4.79 Å². The number of hydrogen-bond donors (Lipinski definition) is 2. The third-order valence-corrected chi connectivity index (χ3v) is 4.41. The fraction of sp³-hybridized carbons (Fsp3) is 0.571. The van der Waals surface area contributed by atoms with Crippen LogP contribution < -0.4 is 5.32 Å². The van der Waals surface area contributed by atoms with Crippen LogP contribution in [-0.2, 0) is 4.79 Å². The van der Waals surface area contributed by atoms with Gasteiger partial charge >= 0.3 is 5.97 Å². The monoisotopic (exact) mass is 296 g/mol. The number of rotatable bonds is 5. The Morgan fingerprint density at radius 1 is 1.40 bits per heavy atom. The molecule has 1 aromatic heterocycles. The predicted molar refractivity (Wildman–Crippen MR) is 73.9 cm³/mol. The van der Waals surface area contributed by atoms with E-state index in [1.165, 1.54) is 0 Å². The minimum atomic E-state index is -1.19. The van der Waals surface area contributed by atoms with Gasteiger partial charge in [0, 0.05) is 12.2 Å². The number of hydrogen-bond acceptors (Lipinski definition) is 2. The summed E-state index contributed by atoms with van der Waals surface area (Å²) in [4.78, 5) is 23.9. The Morgan fingerprint density at radius 2 is 2.05 bits per heavy atom. The van der Waals surface area contributed by atoms with Crippen LogP contribution in [0.4, 0.5) is 0 Å². The molecule has 2 saturated carbocycles. The molecule has 2 aliphatic carbocycles. The summed E-state index contributed by atoms with van der Waals surface area (Å²) in [6, 6.07) is 1.92. The zero-order valence-electron chi connectivity index (χ0n) is 11.2. The molecule has 0 radical (unpaired) electrons. The minimum Gasteiger partial charge on any atom is -0.480 e. The fourth-order valence-electron chi connectivity index (χ4n) is 2.57. The molecule has 1 heterocycles. The summed E-state index contributed by atoms with van der Waals surface area (Å²) in [6.45, 7) is 1.58. The van der Waals surface area contributed by atoms with Crippen molar-refractivity contribution in [3.8, 4) is 0 Å². The highest BCUT2D eigenvalue weighted by Gasteiger charge is 2.49. The molecule has 0 aromatic carbocycles. The molecule has 0 bridgehead atoms. The van der Waals surface area contributed by atoms with Gasteiger partial charge in [0.25, 0.3) is 5.91 Å². The number of amides is 1. The van der Waals surface area contributed by atoms with E-state index >= 15 is 0 Å². The quantitative estimate of drug-likeness (QED) is 0.877. The summed E-state index contributed by atoms with van der Waals surface area (Å²) in [5, 5.41) is 12.6. The molecule has 0 aliphatic heterocycles. The molecule has 20 heavy (non-hydrogen) atoms. The van der Waals surface area contributed by atoms with Crippen LogP contribution in [0.25, 0.3) is 0 Å². The summed E-state index contributed by atoms with van der Waals surface area (Å²) in [7, 11) is 0. The fourth-order valence-corrected chi connectivity index (χ4v) is 2.78. The van der Waals surface area contributed by atoms with Gasteiger partial charge in [-0.05, 0) is 44.6 Å². The molecule has 2 aliphatic rings. The molecule has 1 unspecified atom stereocenters. The van der Waals surface area contributed by atoms with Crippen molar-refractivity contribution in [2.75, 3.05) is 0 Å². The molecular formula is C14H17ClN2O3. The summed E-state index contributed by atoms with van der Waals surface area (Å²) in [5.41, 5.74) is -0.743. The number of halogens is 1. The second-order valence-electron chi connectivity index (χ2n) is 5.92. The largest absolute Gasteiger partial charge is 0.480 e. The van der Waals surface area contributed by atoms with Crippen LogP contribution in [0.1, 0.15) is 49.1 Å². The molecule has 1 amide bonds. The standard InChI is InChI=1S/C14H17ClN2O3/c1-14(13(19)20,8-2-3-8)16-12(18)11-6-9(15)7-17(11)10-4-5-10/h6-8,10H,2-5H2,1H3,(H,16,18)(H,19,20). The van der Waals surface area contributed by atoms with Gasteiger partial charge in [0.1, 0.15) is 11.2 Å². The second kappa shape index (κ2) is 4.52. The molecule has 0 spiro atoms. The third-order valence-electron chi connectivity index (χ3n) is 4.20. The van der Waals surface area contributed by atoms with Gasteiger partial charge in [0.05, 0.1) is 5.02 Å². The highest BCUT2D eigenvalue weighted by atomic mass is 35.5. The van der Waals surface area contributed by atoms with Gasteiger partial charge in [-0.25, -0.2) is 4.79 Å². The number of carboxylic acid groups (broad SMARTS) is 1. The van der Waals surface area contributed by atoms with Gasteiger partial charge < -0.3 is 15.0 Å². The average molecular weight is 297 g/mol. The summed E-state index contributed by atoms with van der Waals surface area (Å²) in [6.07, 6.45) is 5.48. The van der Waals surface area contributed by atoms with E-state index in [2.05, 4.69) is 5.32 Å². The molecule has 108 valence electrons. The molecule has 1 atom stereocenters. The van der Waals surface area contributed by atoms with Crippen LogP contribution >= 0.6 is 11.6 Å². The Morgan fingerprint density at radius 3 is 2.55 bits per heavy atom. The number of carbonyl (C=O) groups excluding carboxylic acids is 1. The zero-order valence-corrected chi connectivity index (χ0v) is 12.0. The molecule has 5 nitrogen and oxygen atoms in total. The van der Waals surface area contributed by atoms with Crippen molar-refractivity contribution in [2.24, 2.45) is 5.92 Å². The van der Waals surface area contributed by atoms with Crippen LogP contribution in [0, 0.1) is 5.92 Å². The van der Waals surface area contributed by atoms with E-state index < -0.39 is 11.5 Å². The lowest BCUT2D eigenvalue weighted by Crippen LogP contribution is -2.54. The van der Waals surface area contributed by atoms with Crippen molar-refractivity contribution >= 4 is 23.5 Å². The van der Waals surface area contributed by atoms with Crippen LogP contribution in [0.5, 0.6) is 0 Å². The smallest absolute Gasteiger partial charge is 0.329 e. The van der Waals surface area contributed by atoms with Crippen molar-refractivity contribution in [3.05, 3.63) is 23.0 Å². The zero-order chi connectivity index (χ0) is 14.5. The lowest BCUT2D eigenvalue weighted by molar-refractivity contribution is -0.144. The first-order chi connectivity index (χ1) is 9.41. The molecule has 1 aromatic rings. The lowest BCUT2D eigenvalue weighted by atomic mass is 9.96. The number of aromatic nitrogens is 1. The van der Waals surface area contributed by atoms with E-state index in [4.69, 9.17) is 11.6 Å². The minimum absolute atomic E-state index is 0.0174. The summed E-state index contributed by atoms with van der Waals surface area (Å²) >= 11 is 5.97. The SMILES string of the molecule is CC(NC(=O)c1cc(Cl)cn1C1CC1)(C(=O)O)C1CC1. The first-order valence-corrected chi connectivity index (χ1v) is 7.23. The summed E-state index contributed by atoms with van der Waals surface area (Å²) in [5.74, 6) is -1.33. The maximum absolute atomic E-state index is 12.4. The van der Waals surface area contributed by atoms with E-state index in [1.54, 1.807) is 19.2 Å². The Balaban J connectivity index is 1.83. The topological polar surface area (TPSA) is 71.3 Å². The van der Waals surface area contributed by atoms with Crippen molar-refractivity contribution in [2.45, 2.75) is 44.2 Å². The van der Waals surface area contributed by atoms with Crippen LogP contribution in [0.3, 0.4) is 0 Å². The number of carboxylic acids is 1. The van der Waals surface area contributed by atoms with Gasteiger partial charge in [0.15, 0.2) is 0 Å². The Bertz CT molecular complexity index is 575. The number of nitrogens with zero attached hydrogens (tertiary/aromatic N) is 1. The van der Waals surface area contributed by atoms with E-state index in [9.17, 15) is 14.7 Å². The van der Waals surface area contributed by atoms with Crippen molar-refractivity contribution in [3.63, 3.8) is 0 Å². The van der Waals surface area contributed by atoms with Crippen LogP contribution in [-0.4, -0.2) is 27.1 Å². The molecule has 3 rings (SSSR count). The highest BCUT2D eigenvalue weighted by Crippen LogP contribution is 2.41. The van der Waals surface area contributed by atoms with Crippen molar-refractivity contribution in [1.82, 2.24) is 9.88 Å². The maximum Gasteiger partial charge on any atom is 0.329 e. The molecule has 0 saturated heterocycles. The normalized spacial score (nSPS) is 21.3. The molecule has 6 heteroatoms. The number of aliphatic carboxylic acids is 1. The third kappa shape index (κ3) is 2.30. The second-order valence-corrected chi connectivity index (χ2v) is 6.35. The number of carbonyl (C=O) groups is 2. The van der Waals surface area contributed by atoms with Gasteiger partial charge in [-0.2, -0.15) is 0 Å². The van der Waals surface area contributed by atoms with E-state index in [0.717, 1.165) is 25.7 Å². The van der Waals surface area contributed by atoms with Crippen LogP contribution in [0.2, 0.25) is 5.02 Å². The lowest BCUT2D eigenvalue weighted by Gasteiger charge is -2.26. The van der Waals surface area contributed by atoms with E-state index in [-0.39, 0.29) is 11.8 Å². The van der Waals surface area contributed by atoms with Gasteiger partial charge in [-0.1, -0.05) is 11.6 Å². The Kier molecular flexibility index (Phi) is 3.05. The van der Waals surface area contributed by atoms with E-state index in [0.29, 0.717) is 16.8 Å². The maximum atomic E-state index is 12.4. The van der Waals surface area contributed by atoms with Gasteiger partial charge in [0.2, 0.25) is 0 Å². The first kappa shape index (κ1) is 13.5. The summed E-state index contributed by atoms with van der Waals surface area (Å²) < 4.78 is 1.85. The predicted octanol–water partition coefficient (Wildman–Crippen LogP) is 2.46. The average Bonchev–Trinajstić information content (AvgIpc) is 3.25. The van der Waals surface area contributed by atoms with Crippen molar-refractivity contribution in [1.29, 1.82) is 0 Å². The van der Waals surface area contributed by atoms with E-state index in [1.807, 2.05) is 4.57 Å². The number of nitrogens with one attached hydrogen (secondary N) is 1.